The summed E-state index contributed by atoms with van der Waals surface area (Å²) in [6.07, 6.45) is 2.22. The average molecular weight is 153 g/mol. The molecule has 0 aromatic rings. The summed E-state index contributed by atoms with van der Waals surface area (Å²) < 4.78 is 5.65. The van der Waals surface area contributed by atoms with E-state index in [0.717, 1.165) is 26.0 Å². The Labute approximate surface area is 65.1 Å². The highest BCUT2D eigenvalue weighted by Crippen LogP contribution is 2.54. The summed E-state index contributed by atoms with van der Waals surface area (Å²) in [5, 5.41) is 2.88. The number of carbonyl (C=O) groups is 1. The number of hydrogen-bond acceptors (Lipinski definition) is 2. The van der Waals surface area contributed by atoms with Crippen molar-refractivity contribution in [2.24, 2.45) is 11.8 Å². The van der Waals surface area contributed by atoms with Gasteiger partial charge < -0.3 is 10.1 Å². The lowest BCUT2D eigenvalue weighted by atomic mass is 9.63. The van der Waals surface area contributed by atoms with Gasteiger partial charge >= 0.3 is 0 Å². The molecule has 3 fully saturated rings. The van der Waals surface area contributed by atoms with E-state index in [0.29, 0.717) is 5.92 Å². The Hall–Kier alpha value is -0.570. The van der Waals surface area contributed by atoms with Gasteiger partial charge in [-0.15, -0.1) is 0 Å². The maximum absolute atomic E-state index is 11.2. The molecular formula is C8H11NO2. The van der Waals surface area contributed by atoms with Crippen LogP contribution in [0.1, 0.15) is 12.8 Å². The van der Waals surface area contributed by atoms with Crippen LogP contribution < -0.4 is 5.32 Å². The molecule has 0 radical (unpaired) electrons. The molecule has 0 bridgehead atoms. The van der Waals surface area contributed by atoms with Crippen LogP contribution in [0.3, 0.4) is 0 Å². The summed E-state index contributed by atoms with van der Waals surface area (Å²) in [5.41, 5.74) is -0.0446. The lowest BCUT2D eigenvalue weighted by molar-refractivity contribution is -0.142. The minimum absolute atomic E-state index is 0.0446. The van der Waals surface area contributed by atoms with Crippen molar-refractivity contribution in [1.82, 2.24) is 5.32 Å². The van der Waals surface area contributed by atoms with Crippen LogP contribution >= 0.6 is 0 Å². The molecule has 3 rings (SSSR count). The van der Waals surface area contributed by atoms with E-state index in [2.05, 4.69) is 5.32 Å². The van der Waals surface area contributed by atoms with Crippen LogP contribution in [0.2, 0.25) is 0 Å². The number of rotatable bonds is 0. The Morgan fingerprint density at radius 1 is 1.64 bits per heavy atom. The fourth-order valence-corrected chi connectivity index (χ4v) is 2.78. The first kappa shape index (κ1) is 6.00. The van der Waals surface area contributed by atoms with Gasteiger partial charge in [-0.25, -0.2) is 0 Å². The Balaban J connectivity index is 1.98. The van der Waals surface area contributed by atoms with Gasteiger partial charge in [-0.1, -0.05) is 0 Å². The number of carbonyl (C=O) groups excluding carboxylic acids is 1. The molecule has 3 aliphatic rings. The molecule has 11 heavy (non-hydrogen) atoms. The van der Waals surface area contributed by atoms with Crippen LogP contribution in [0.15, 0.2) is 0 Å². The zero-order valence-corrected chi connectivity index (χ0v) is 6.30. The highest BCUT2D eigenvalue weighted by Gasteiger charge is 2.64. The van der Waals surface area contributed by atoms with Crippen LogP contribution in [-0.2, 0) is 9.53 Å². The Kier molecular flexibility index (Phi) is 0.876. The van der Waals surface area contributed by atoms with E-state index in [-0.39, 0.29) is 17.4 Å². The van der Waals surface area contributed by atoms with Crippen LogP contribution in [-0.4, -0.2) is 24.7 Å². The molecule has 3 nitrogen and oxygen atoms in total. The first-order valence-electron chi connectivity index (χ1n) is 4.24. The van der Waals surface area contributed by atoms with E-state index in [1.807, 2.05) is 0 Å². The van der Waals surface area contributed by atoms with Crippen molar-refractivity contribution in [2.45, 2.75) is 18.4 Å². The topological polar surface area (TPSA) is 38.3 Å². The predicted molar refractivity (Wildman–Crippen MR) is 37.9 cm³/mol. The number of amides is 1. The fourth-order valence-electron chi connectivity index (χ4n) is 2.78. The third-order valence-corrected chi connectivity index (χ3v) is 3.49. The van der Waals surface area contributed by atoms with E-state index >= 15 is 0 Å². The van der Waals surface area contributed by atoms with E-state index in [1.54, 1.807) is 0 Å². The maximum Gasteiger partial charge on any atom is 0.226 e. The van der Waals surface area contributed by atoms with Crippen molar-refractivity contribution < 1.29 is 9.53 Å². The summed E-state index contributed by atoms with van der Waals surface area (Å²) in [5.74, 6) is 1.07. The molecule has 2 saturated heterocycles. The summed E-state index contributed by atoms with van der Waals surface area (Å²) >= 11 is 0. The SMILES string of the molecule is O=C1NC[C@]23OCC[C@H]2C[C@H]13. The molecule has 2 heterocycles. The number of ether oxygens (including phenoxy) is 1. The molecule has 1 amide bonds. The van der Waals surface area contributed by atoms with Crippen LogP contribution in [0, 0.1) is 11.8 Å². The highest BCUT2D eigenvalue weighted by atomic mass is 16.5. The highest BCUT2D eigenvalue weighted by molar-refractivity contribution is 5.84. The quantitative estimate of drug-likeness (QED) is 0.528. The molecule has 60 valence electrons. The molecule has 2 aliphatic heterocycles. The van der Waals surface area contributed by atoms with Gasteiger partial charge in [0.25, 0.3) is 0 Å². The zero-order valence-electron chi connectivity index (χ0n) is 6.30. The molecule has 0 aromatic carbocycles. The van der Waals surface area contributed by atoms with Crippen molar-refractivity contribution in [2.75, 3.05) is 13.2 Å². The summed E-state index contributed by atoms with van der Waals surface area (Å²) in [6.45, 7) is 1.62. The second kappa shape index (κ2) is 1.61. The molecule has 1 spiro atoms. The number of nitrogens with one attached hydrogen (secondary N) is 1. The largest absolute Gasteiger partial charge is 0.372 e. The first-order valence-corrected chi connectivity index (χ1v) is 4.24. The molecule has 3 atom stereocenters. The van der Waals surface area contributed by atoms with E-state index < -0.39 is 0 Å². The van der Waals surface area contributed by atoms with Gasteiger partial charge in [-0.2, -0.15) is 0 Å². The third-order valence-electron chi connectivity index (χ3n) is 3.49. The van der Waals surface area contributed by atoms with Crippen molar-refractivity contribution >= 4 is 5.91 Å². The van der Waals surface area contributed by atoms with Gasteiger partial charge in [0, 0.05) is 13.2 Å². The Morgan fingerprint density at radius 3 is 3.27 bits per heavy atom. The van der Waals surface area contributed by atoms with E-state index in [4.69, 9.17) is 4.74 Å². The lowest BCUT2D eigenvalue weighted by Crippen LogP contribution is -2.53. The maximum atomic E-state index is 11.2. The summed E-state index contributed by atoms with van der Waals surface area (Å²) in [4.78, 5) is 11.2. The van der Waals surface area contributed by atoms with Crippen LogP contribution in [0.25, 0.3) is 0 Å². The van der Waals surface area contributed by atoms with Crippen molar-refractivity contribution in [3.8, 4) is 0 Å². The van der Waals surface area contributed by atoms with Gasteiger partial charge in [0.2, 0.25) is 5.91 Å². The zero-order chi connectivity index (χ0) is 7.47. The van der Waals surface area contributed by atoms with Gasteiger partial charge in [0.1, 0.15) is 0 Å². The molecule has 1 aliphatic carbocycles. The van der Waals surface area contributed by atoms with E-state index in [9.17, 15) is 4.79 Å². The van der Waals surface area contributed by atoms with Crippen LogP contribution in [0.5, 0.6) is 0 Å². The molecule has 0 unspecified atom stereocenters. The molecule has 1 saturated carbocycles. The van der Waals surface area contributed by atoms with Crippen LogP contribution in [0.4, 0.5) is 0 Å². The Morgan fingerprint density at radius 2 is 2.55 bits per heavy atom. The summed E-state index contributed by atoms with van der Waals surface area (Å²) in [7, 11) is 0. The second-order valence-electron chi connectivity index (χ2n) is 3.80. The van der Waals surface area contributed by atoms with Gasteiger partial charge in [0.05, 0.1) is 11.5 Å². The number of hydrogen-bond donors (Lipinski definition) is 1. The van der Waals surface area contributed by atoms with Gasteiger partial charge in [-0.05, 0) is 18.8 Å². The van der Waals surface area contributed by atoms with Gasteiger partial charge in [0.15, 0.2) is 0 Å². The third kappa shape index (κ3) is 0.495. The predicted octanol–water partition coefficient (Wildman–Crippen LogP) is -0.0886. The minimum atomic E-state index is -0.0446. The van der Waals surface area contributed by atoms with Crippen molar-refractivity contribution in [1.29, 1.82) is 0 Å². The first-order chi connectivity index (χ1) is 5.33. The Bertz CT molecular complexity index is 228. The molecular weight excluding hydrogens is 142 g/mol. The van der Waals surface area contributed by atoms with Gasteiger partial charge in [-0.3, -0.25) is 4.79 Å². The summed E-state index contributed by atoms with van der Waals surface area (Å²) in [6, 6.07) is 0. The molecule has 1 N–H and O–H groups in total. The average Bonchev–Trinajstić information content (AvgIpc) is 2.39. The molecule has 0 aromatic heterocycles. The van der Waals surface area contributed by atoms with Crippen molar-refractivity contribution in [3.05, 3.63) is 0 Å². The van der Waals surface area contributed by atoms with E-state index in [1.165, 1.54) is 0 Å². The second-order valence-corrected chi connectivity index (χ2v) is 3.80. The normalized spacial score (nSPS) is 52.9. The monoisotopic (exact) mass is 153 g/mol. The molecule has 3 heteroatoms. The smallest absolute Gasteiger partial charge is 0.226 e. The lowest BCUT2D eigenvalue weighted by Gasteiger charge is -2.44. The minimum Gasteiger partial charge on any atom is -0.372 e. The fraction of sp³-hybridized carbons (Fsp3) is 0.875. The standard InChI is InChI=1S/C8H11NO2/c10-7-6-3-5-1-2-11-8(5,6)4-9-7/h5-6H,1-4H2,(H,9,10)/t5-,6+,8-/m0/s1. The van der Waals surface area contributed by atoms with Crippen molar-refractivity contribution in [3.63, 3.8) is 0 Å².